The maximum absolute atomic E-state index is 11.7. The Morgan fingerprint density at radius 1 is 1.18 bits per heavy atom. The molecule has 0 unspecified atom stereocenters. The summed E-state index contributed by atoms with van der Waals surface area (Å²) in [4.78, 5) is 32.3. The summed E-state index contributed by atoms with van der Waals surface area (Å²) in [5, 5.41) is 2.65. The van der Waals surface area contributed by atoms with Crippen molar-refractivity contribution in [2.75, 3.05) is 18.2 Å². The van der Waals surface area contributed by atoms with Gasteiger partial charge in [0.2, 0.25) is 0 Å². The van der Waals surface area contributed by atoms with Crippen LogP contribution in [-0.2, 0) is 9.53 Å². The Labute approximate surface area is 132 Å². The number of benzene rings is 1. The number of carbonyl (C=O) groups excluding carboxylic acids is 2. The van der Waals surface area contributed by atoms with Crippen LogP contribution in [0, 0.1) is 6.92 Å². The summed E-state index contributed by atoms with van der Waals surface area (Å²) >= 11 is 1.61. The van der Waals surface area contributed by atoms with Crippen molar-refractivity contribution in [1.82, 2.24) is 9.97 Å². The van der Waals surface area contributed by atoms with E-state index in [4.69, 9.17) is 4.74 Å². The van der Waals surface area contributed by atoms with E-state index in [-0.39, 0.29) is 12.3 Å². The minimum Gasteiger partial charge on any atom is -0.451 e. The largest absolute Gasteiger partial charge is 0.451 e. The number of amides is 1. The van der Waals surface area contributed by atoms with Gasteiger partial charge in [-0.05, 0) is 37.4 Å². The van der Waals surface area contributed by atoms with Crippen LogP contribution < -0.4 is 5.32 Å². The number of rotatable bonds is 5. The molecule has 0 aliphatic rings. The van der Waals surface area contributed by atoms with E-state index >= 15 is 0 Å². The molecule has 0 saturated carbocycles. The average molecular weight is 317 g/mol. The molecule has 0 atom stereocenters. The normalized spacial score (nSPS) is 10.1. The van der Waals surface area contributed by atoms with Gasteiger partial charge in [0.25, 0.3) is 5.91 Å². The summed E-state index contributed by atoms with van der Waals surface area (Å²) in [5.74, 6) is -1.09. The number of aromatic nitrogens is 2. The number of ether oxygens (including phenoxy) is 1. The summed E-state index contributed by atoms with van der Waals surface area (Å²) in [5.41, 5.74) is 1.42. The van der Waals surface area contributed by atoms with Crippen molar-refractivity contribution in [3.8, 4) is 0 Å². The van der Waals surface area contributed by atoms with Crippen LogP contribution in [0.25, 0.3) is 0 Å². The van der Waals surface area contributed by atoms with Crippen molar-refractivity contribution in [2.45, 2.75) is 11.8 Å². The highest BCUT2D eigenvalue weighted by atomic mass is 32.2. The number of nitrogens with one attached hydrogen (secondary N) is 1. The molecule has 0 radical (unpaired) electrons. The molecule has 1 aromatic carbocycles. The number of hydrogen-bond donors (Lipinski definition) is 1. The zero-order valence-electron chi connectivity index (χ0n) is 12.2. The molecule has 0 bridgehead atoms. The maximum atomic E-state index is 11.7. The molecule has 6 nitrogen and oxygen atoms in total. The zero-order chi connectivity index (χ0) is 15.9. The molecule has 114 valence electrons. The van der Waals surface area contributed by atoms with Crippen molar-refractivity contribution in [3.63, 3.8) is 0 Å². The number of hydrogen-bond acceptors (Lipinski definition) is 6. The summed E-state index contributed by atoms with van der Waals surface area (Å²) in [6.45, 7) is 1.39. The van der Waals surface area contributed by atoms with E-state index in [9.17, 15) is 9.59 Å². The lowest BCUT2D eigenvalue weighted by Gasteiger charge is -2.07. The van der Waals surface area contributed by atoms with Crippen LogP contribution in [0.1, 0.15) is 16.2 Å². The van der Waals surface area contributed by atoms with Crippen LogP contribution in [0.4, 0.5) is 5.69 Å². The topological polar surface area (TPSA) is 81.2 Å². The van der Waals surface area contributed by atoms with Crippen LogP contribution in [0.3, 0.4) is 0 Å². The van der Waals surface area contributed by atoms with E-state index < -0.39 is 11.9 Å². The van der Waals surface area contributed by atoms with E-state index in [0.29, 0.717) is 11.4 Å². The molecule has 1 heterocycles. The SMILES string of the molecule is CSc1ccc(NC(=O)COC(=O)c2cnc(C)cn2)cc1. The van der Waals surface area contributed by atoms with Crippen molar-refractivity contribution in [3.05, 3.63) is 48.0 Å². The second kappa shape index (κ2) is 7.56. The minimum absolute atomic E-state index is 0.0720. The first kappa shape index (κ1) is 16.0. The third-order valence-corrected chi connectivity index (χ3v) is 3.44. The molecule has 2 aromatic rings. The second-order valence-electron chi connectivity index (χ2n) is 4.40. The number of carbonyl (C=O) groups is 2. The highest BCUT2D eigenvalue weighted by Gasteiger charge is 2.12. The first-order chi connectivity index (χ1) is 10.6. The Balaban J connectivity index is 1.84. The van der Waals surface area contributed by atoms with Gasteiger partial charge in [0.1, 0.15) is 0 Å². The third-order valence-electron chi connectivity index (χ3n) is 2.70. The Kier molecular flexibility index (Phi) is 5.48. The van der Waals surface area contributed by atoms with Gasteiger partial charge >= 0.3 is 5.97 Å². The van der Waals surface area contributed by atoms with E-state index in [1.54, 1.807) is 30.8 Å². The quantitative estimate of drug-likeness (QED) is 0.673. The van der Waals surface area contributed by atoms with E-state index in [0.717, 1.165) is 4.90 Å². The lowest BCUT2D eigenvalue weighted by molar-refractivity contribution is -0.119. The lowest BCUT2D eigenvalue weighted by Crippen LogP contribution is -2.21. The Morgan fingerprint density at radius 3 is 2.50 bits per heavy atom. The number of thioether (sulfide) groups is 1. The number of anilines is 1. The van der Waals surface area contributed by atoms with Crippen LogP contribution in [0.2, 0.25) is 0 Å². The maximum Gasteiger partial charge on any atom is 0.359 e. The molecule has 1 N–H and O–H groups in total. The van der Waals surface area contributed by atoms with Gasteiger partial charge in [0.05, 0.1) is 11.9 Å². The molecule has 0 aliphatic carbocycles. The molecule has 0 fully saturated rings. The van der Waals surface area contributed by atoms with E-state index in [2.05, 4.69) is 15.3 Å². The Morgan fingerprint density at radius 2 is 1.91 bits per heavy atom. The van der Waals surface area contributed by atoms with Crippen molar-refractivity contribution in [2.24, 2.45) is 0 Å². The summed E-state index contributed by atoms with van der Waals surface area (Å²) in [7, 11) is 0. The van der Waals surface area contributed by atoms with Gasteiger partial charge in [0, 0.05) is 16.8 Å². The predicted molar refractivity (Wildman–Crippen MR) is 83.9 cm³/mol. The standard InChI is InChI=1S/C15H15N3O3S/c1-10-7-17-13(8-16-10)15(20)21-9-14(19)18-11-3-5-12(22-2)6-4-11/h3-8H,9H2,1-2H3,(H,18,19). The molecule has 0 saturated heterocycles. The fourth-order valence-corrected chi connectivity index (χ4v) is 1.98. The van der Waals surface area contributed by atoms with Gasteiger partial charge in [0.15, 0.2) is 12.3 Å². The van der Waals surface area contributed by atoms with Gasteiger partial charge in [-0.25, -0.2) is 9.78 Å². The van der Waals surface area contributed by atoms with Crippen LogP contribution in [0.15, 0.2) is 41.6 Å². The molecule has 1 aromatic heterocycles. The molecular weight excluding hydrogens is 302 g/mol. The van der Waals surface area contributed by atoms with Gasteiger partial charge in [-0.2, -0.15) is 0 Å². The Bertz CT molecular complexity index is 657. The summed E-state index contributed by atoms with van der Waals surface area (Å²) in [6.07, 6.45) is 4.75. The van der Waals surface area contributed by atoms with Crippen molar-refractivity contribution < 1.29 is 14.3 Å². The minimum atomic E-state index is -0.680. The monoisotopic (exact) mass is 317 g/mol. The Hall–Kier alpha value is -2.41. The highest BCUT2D eigenvalue weighted by Crippen LogP contribution is 2.17. The number of aryl methyl sites for hydroxylation is 1. The molecule has 0 aliphatic heterocycles. The molecule has 0 spiro atoms. The van der Waals surface area contributed by atoms with Gasteiger partial charge < -0.3 is 10.1 Å². The van der Waals surface area contributed by atoms with Crippen LogP contribution in [0.5, 0.6) is 0 Å². The number of nitrogens with zero attached hydrogens (tertiary/aromatic N) is 2. The van der Waals surface area contributed by atoms with E-state index in [1.165, 1.54) is 12.4 Å². The molecule has 2 rings (SSSR count). The van der Waals surface area contributed by atoms with Crippen LogP contribution >= 0.6 is 11.8 Å². The zero-order valence-corrected chi connectivity index (χ0v) is 13.0. The lowest BCUT2D eigenvalue weighted by atomic mass is 10.3. The fraction of sp³-hybridized carbons (Fsp3) is 0.200. The molecule has 22 heavy (non-hydrogen) atoms. The second-order valence-corrected chi connectivity index (χ2v) is 5.28. The molecule has 7 heteroatoms. The third kappa shape index (κ3) is 4.56. The van der Waals surface area contributed by atoms with Gasteiger partial charge in [-0.1, -0.05) is 0 Å². The summed E-state index contributed by atoms with van der Waals surface area (Å²) in [6, 6.07) is 7.37. The van der Waals surface area contributed by atoms with Crippen molar-refractivity contribution >= 4 is 29.3 Å². The van der Waals surface area contributed by atoms with Gasteiger partial charge in [-0.15, -0.1) is 11.8 Å². The number of esters is 1. The van der Waals surface area contributed by atoms with E-state index in [1.807, 2.05) is 18.4 Å². The molecular formula is C15H15N3O3S. The van der Waals surface area contributed by atoms with Crippen molar-refractivity contribution in [1.29, 1.82) is 0 Å². The summed E-state index contributed by atoms with van der Waals surface area (Å²) < 4.78 is 4.89. The first-order valence-corrected chi connectivity index (χ1v) is 7.70. The predicted octanol–water partition coefficient (Wildman–Crippen LogP) is 2.30. The van der Waals surface area contributed by atoms with Gasteiger partial charge in [-0.3, -0.25) is 9.78 Å². The first-order valence-electron chi connectivity index (χ1n) is 6.48. The highest BCUT2D eigenvalue weighted by molar-refractivity contribution is 7.98. The average Bonchev–Trinajstić information content (AvgIpc) is 2.54. The smallest absolute Gasteiger partial charge is 0.359 e. The van der Waals surface area contributed by atoms with Crippen LogP contribution in [-0.4, -0.2) is 34.7 Å². The fourth-order valence-electron chi connectivity index (χ4n) is 1.57. The molecule has 1 amide bonds.